The van der Waals surface area contributed by atoms with Crippen molar-refractivity contribution in [3.05, 3.63) is 0 Å². The summed E-state index contributed by atoms with van der Waals surface area (Å²) in [6.07, 6.45) is 1.45. The molecule has 2 heterocycles. The molecule has 0 radical (unpaired) electrons. The van der Waals surface area contributed by atoms with E-state index in [-0.39, 0.29) is 23.3 Å². The molecule has 5 nitrogen and oxygen atoms in total. The quantitative estimate of drug-likeness (QED) is 0.660. The third kappa shape index (κ3) is 2.74. The molecule has 0 aliphatic carbocycles. The van der Waals surface area contributed by atoms with Crippen LogP contribution in [0.5, 0.6) is 0 Å². The lowest BCUT2D eigenvalue weighted by atomic mass is 10.1. The number of amides is 1. The van der Waals surface area contributed by atoms with Crippen LogP contribution >= 0.6 is 0 Å². The molecule has 2 aliphatic rings. The zero-order valence-corrected chi connectivity index (χ0v) is 10.1. The minimum Gasteiger partial charge on any atom is -0.341 e. The van der Waals surface area contributed by atoms with Crippen molar-refractivity contribution < 1.29 is 13.2 Å². The van der Waals surface area contributed by atoms with Crippen LogP contribution in [0.1, 0.15) is 12.8 Å². The van der Waals surface area contributed by atoms with Gasteiger partial charge in [-0.2, -0.15) is 0 Å². The highest BCUT2D eigenvalue weighted by atomic mass is 32.2. The van der Waals surface area contributed by atoms with E-state index in [9.17, 15) is 13.2 Å². The average Bonchev–Trinajstić information content (AvgIpc) is 2.48. The first kappa shape index (κ1) is 11.9. The van der Waals surface area contributed by atoms with Crippen LogP contribution in [0.3, 0.4) is 0 Å². The molecule has 0 bridgehead atoms. The third-order valence-corrected chi connectivity index (χ3v) is 5.00. The molecule has 2 saturated heterocycles. The maximum atomic E-state index is 12.1. The zero-order chi connectivity index (χ0) is 11.6. The lowest BCUT2D eigenvalue weighted by molar-refractivity contribution is -0.134. The van der Waals surface area contributed by atoms with E-state index in [1.807, 2.05) is 4.90 Å². The van der Waals surface area contributed by atoms with Crippen molar-refractivity contribution >= 4 is 15.7 Å². The fourth-order valence-corrected chi connectivity index (χ4v) is 4.05. The third-order valence-electron chi connectivity index (χ3n) is 3.23. The molecular formula is C10H18N2O3S. The number of nitrogens with zero attached hydrogens (tertiary/aromatic N) is 1. The van der Waals surface area contributed by atoms with Crippen LogP contribution in [0.15, 0.2) is 0 Å². The molecule has 1 unspecified atom stereocenters. The monoisotopic (exact) mass is 246 g/mol. The van der Waals surface area contributed by atoms with Crippen molar-refractivity contribution in [1.82, 2.24) is 10.2 Å². The Morgan fingerprint density at radius 1 is 1.25 bits per heavy atom. The highest BCUT2D eigenvalue weighted by Crippen LogP contribution is 2.20. The van der Waals surface area contributed by atoms with Gasteiger partial charge in [0.2, 0.25) is 5.91 Å². The van der Waals surface area contributed by atoms with Gasteiger partial charge in [0.15, 0.2) is 9.84 Å². The van der Waals surface area contributed by atoms with Crippen LogP contribution in [0.2, 0.25) is 0 Å². The molecule has 0 aromatic heterocycles. The molecule has 6 heteroatoms. The largest absolute Gasteiger partial charge is 0.341 e. The molecule has 1 N–H and O–H groups in total. The van der Waals surface area contributed by atoms with E-state index in [4.69, 9.17) is 0 Å². The number of carbonyl (C=O) groups excluding carboxylic acids is 1. The summed E-state index contributed by atoms with van der Waals surface area (Å²) in [4.78, 5) is 13.9. The molecule has 1 atom stereocenters. The van der Waals surface area contributed by atoms with E-state index in [0.29, 0.717) is 13.0 Å². The van der Waals surface area contributed by atoms with E-state index in [1.165, 1.54) is 0 Å². The molecular weight excluding hydrogens is 228 g/mol. The summed E-state index contributed by atoms with van der Waals surface area (Å²) in [5, 5.41) is 3.23. The predicted molar refractivity (Wildman–Crippen MR) is 60.8 cm³/mol. The fourth-order valence-electron chi connectivity index (χ4n) is 2.31. The Labute approximate surface area is 96.1 Å². The summed E-state index contributed by atoms with van der Waals surface area (Å²) >= 11 is 0. The average molecular weight is 246 g/mol. The topological polar surface area (TPSA) is 66.5 Å². The summed E-state index contributed by atoms with van der Waals surface area (Å²) in [5.41, 5.74) is 0. The van der Waals surface area contributed by atoms with Gasteiger partial charge in [0.05, 0.1) is 17.4 Å². The van der Waals surface area contributed by atoms with Gasteiger partial charge in [-0.15, -0.1) is 0 Å². The van der Waals surface area contributed by atoms with E-state index in [1.54, 1.807) is 0 Å². The molecule has 2 aliphatic heterocycles. The van der Waals surface area contributed by atoms with Crippen LogP contribution < -0.4 is 5.32 Å². The van der Waals surface area contributed by atoms with Gasteiger partial charge in [-0.3, -0.25) is 4.79 Å². The minimum atomic E-state index is -2.95. The Balaban J connectivity index is 1.96. The summed E-state index contributed by atoms with van der Waals surface area (Å²) in [5.74, 6) is -0.0292. The van der Waals surface area contributed by atoms with Gasteiger partial charge < -0.3 is 10.2 Å². The molecule has 2 rings (SSSR count). The highest BCUT2D eigenvalue weighted by molar-refractivity contribution is 7.91. The standard InChI is InChI=1S/C10H18N2O3S/c13-10(9-2-7-16(14,15)8-9)12-5-1-3-11-4-6-12/h9,11H,1-8H2. The Morgan fingerprint density at radius 2 is 2.06 bits per heavy atom. The number of hydrogen-bond acceptors (Lipinski definition) is 4. The first-order chi connectivity index (χ1) is 7.58. The van der Waals surface area contributed by atoms with E-state index >= 15 is 0 Å². The molecule has 1 amide bonds. The number of sulfone groups is 1. The number of carbonyl (C=O) groups is 1. The molecule has 0 aromatic rings. The summed E-state index contributed by atoms with van der Waals surface area (Å²) in [7, 11) is -2.95. The second kappa shape index (κ2) is 4.71. The molecule has 92 valence electrons. The number of nitrogens with one attached hydrogen (secondary N) is 1. The van der Waals surface area contributed by atoms with Crippen molar-refractivity contribution in [2.24, 2.45) is 5.92 Å². The Morgan fingerprint density at radius 3 is 2.75 bits per heavy atom. The highest BCUT2D eigenvalue weighted by Gasteiger charge is 2.35. The maximum absolute atomic E-state index is 12.1. The smallest absolute Gasteiger partial charge is 0.226 e. The van der Waals surface area contributed by atoms with E-state index < -0.39 is 9.84 Å². The minimum absolute atomic E-state index is 0.0322. The second-order valence-electron chi connectivity index (χ2n) is 4.53. The normalized spacial score (nSPS) is 30.0. The molecule has 0 aromatic carbocycles. The second-order valence-corrected chi connectivity index (χ2v) is 6.76. The Kier molecular flexibility index (Phi) is 3.49. The summed E-state index contributed by atoms with van der Waals surface area (Å²) in [6, 6.07) is 0. The Hall–Kier alpha value is -0.620. The van der Waals surface area contributed by atoms with Crippen molar-refractivity contribution in [3.63, 3.8) is 0 Å². The van der Waals surface area contributed by atoms with Crippen molar-refractivity contribution in [2.75, 3.05) is 37.7 Å². The molecule has 16 heavy (non-hydrogen) atoms. The van der Waals surface area contributed by atoms with Crippen molar-refractivity contribution in [3.8, 4) is 0 Å². The van der Waals surface area contributed by atoms with Crippen LogP contribution in [0, 0.1) is 5.92 Å². The van der Waals surface area contributed by atoms with Gasteiger partial charge in [-0.1, -0.05) is 0 Å². The van der Waals surface area contributed by atoms with E-state index in [0.717, 1.165) is 26.1 Å². The van der Waals surface area contributed by atoms with Gasteiger partial charge in [-0.25, -0.2) is 8.42 Å². The lowest BCUT2D eigenvalue weighted by Gasteiger charge is -2.22. The maximum Gasteiger partial charge on any atom is 0.226 e. The van der Waals surface area contributed by atoms with Gasteiger partial charge >= 0.3 is 0 Å². The zero-order valence-electron chi connectivity index (χ0n) is 9.31. The van der Waals surface area contributed by atoms with Crippen LogP contribution in [0.4, 0.5) is 0 Å². The van der Waals surface area contributed by atoms with Gasteiger partial charge in [0.25, 0.3) is 0 Å². The van der Waals surface area contributed by atoms with Crippen molar-refractivity contribution in [1.29, 1.82) is 0 Å². The summed E-state index contributed by atoms with van der Waals surface area (Å²) in [6.45, 7) is 3.20. The van der Waals surface area contributed by atoms with Crippen LogP contribution in [-0.4, -0.2) is 56.9 Å². The molecule has 0 spiro atoms. The first-order valence-corrected chi connectivity index (χ1v) is 7.60. The SMILES string of the molecule is O=C(C1CCS(=O)(=O)C1)N1CCCNCC1. The predicted octanol–water partition coefficient (Wildman–Crippen LogP) is -0.757. The van der Waals surface area contributed by atoms with E-state index in [2.05, 4.69) is 5.32 Å². The number of rotatable bonds is 1. The fraction of sp³-hybridized carbons (Fsp3) is 0.900. The van der Waals surface area contributed by atoms with Crippen LogP contribution in [-0.2, 0) is 14.6 Å². The van der Waals surface area contributed by atoms with Gasteiger partial charge in [0, 0.05) is 19.6 Å². The molecule has 0 saturated carbocycles. The first-order valence-electron chi connectivity index (χ1n) is 5.78. The summed E-state index contributed by atoms with van der Waals surface area (Å²) < 4.78 is 22.6. The Bertz CT molecular complexity index is 358. The van der Waals surface area contributed by atoms with Gasteiger partial charge in [-0.05, 0) is 19.4 Å². The van der Waals surface area contributed by atoms with Crippen LogP contribution in [0.25, 0.3) is 0 Å². The number of hydrogen-bond donors (Lipinski definition) is 1. The lowest BCUT2D eigenvalue weighted by Crippen LogP contribution is -2.38. The van der Waals surface area contributed by atoms with Gasteiger partial charge in [0.1, 0.15) is 0 Å². The van der Waals surface area contributed by atoms with Crippen molar-refractivity contribution in [2.45, 2.75) is 12.8 Å². The molecule has 2 fully saturated rings.